The molecular formula is C22H21NO7. The largest absolute Gasteiger partial charge is 0.482 e. The van der Waals surface area contributed by atoms with Gasteiger partial charge >= 0.3 is 11.6 Å². The van der Waals surface area contributed by atoms with Crippen LogP contribution in [0.1, 0.15) is 16.8 Å². The summed E-state index contributed by atoms with van der Waals surface area (Å²) in [4.78, 5) is 36.3. The molecule has 0 radical (unpaired) electrons. The lowest BCUT2D eigenvalue weighted by molar-refractivity contribution is -0.136. The molecule has 0 bridgehead atoms. The lowest BCUT2D eigenvalue weighted by Crippen LogP contribution is -2.29. The van der Waals surface area contributed by atoms with Crippen LogP contribution in [-0.2, 0) is 9.53 Å². The molecule has 0 saturated carbocycles. The number of carbonyl (C=O) groups is 2. The molecule has 0 aliphatic carbocycles. The number of para-hydroxylation sites is 1. The van der Waals surface area contributed by atoms with Gasteiger partial charge in [0.25, 0.3) is 5.91 Å². The molecule has 0 aliphatic heterocycles. The number of methoxy groups -OCH3 is 1. The van der Waals surface area contributed by atoms with E-state index in [1.807, 2.05) is 6.07 Å². The number of ether oxygens (including phenoxy) is 3. The molecule has 0 atom stereocenters. The Morgan fingerprint density at radius 3 is 2.60 bits per heavy atom. The monoisotopic (exact) mass is 411 g/mol. The summed E-state index contributed by atoms with van der Waals surface area (Å²) >= 11 is 0. The van der Waals surface area contributed by atoms with Crippen LogP contribution in [0.5, 0.6) is 11.5 Å². The standard InChI is InChI=1S/C22H21NO7/c1-27-11-5-10-23-21(25)18-12-15-8-9-17(13-19(15)30-22(18)26)29-20(24)14-28-16-6-3-2-4-7-16/h2-4,6-9,12-13H,5,10-11,14H2,1H3,(H,23,25). The molecule has 3 rings (SSSR count). The highest BCUT2D eigenvalue weighted by Gasteiger charge is 2.14. The van der Waals surface area contributed by atoms with Crippen molar-refractivity contribution in [2.24, 2.45) is 0 Å². The van der Waals surface area contributed by atoms with Crippen molar-refractivity contribution in [1.82, 2.24) is 5.32 Å². The van der Waals surface area contributed by atoms with Crippen LogP contribution in [0.2, 0.25) is 0 Å². The Kier molecular flexibility index (Phi) is 7.18. The second-order valence-electron chi connectivity index (χ2n) is 6.33. The summed E-state index contributed by atoms with van der Waals surface area (Å²) < 4.78 is 20.7. The first-order valence-corrected chi connectivity index (χ1v) is 9.30. The van der Waals surface area contributed by atoms with E-state index in [1.54, 1.807) is 43.5 Å². The summed E-state index contributed by atoms with van der Waals surface area (Å²) in [6.07, 6.45) is 0.629. The second kappa shape index (κ2) is 10.2. The highest BCUT2D eigenvalue weighted by molar-refractivity contribution is 5.96. The van der Waals surface area contributed by atoms with E-state index < -0.39 is 17.5 Å². The Bertz CT molecular complexity index is 1080. The fourth-order valence-corrected chi connectivity index (χ4v) is 2.65. The zero-order valence-electron chi connectivity index (χ0n) is 16.4. The highest BCUT2D eigenvalue weighted by atomic mass is 16.6. The number of rotatable bonds is 9. The van der Waals surface area contributed by atoms with Crippen LogP contribution in [0.25, 0.3) is 11.0 Å². The molecule has 0 spiro atoms. The molecule has 0 fully saturated rings. The van der Waals surface area contributed by atoms with E-state index in [9.17, 15) is 14.4 Å². The maximum atomic E-state index is 12.2. The SMILES string of the molecule is COCCCNC(=O)c1cc2ccc(OC(=O)COc3ccccc3)cc2oc1=O. The first-order chi connectivity index (χ1) is 14.6. The van der Waals surface area contributed by atoms with Crippen molar-refractivity contribution >= 4 is 22.8 Å². The molecule has 1 amide bonds. The summed E-state index contributed by atoms with van der Waals surface area (Å²) in [7, 11) is 1.57. The van der Waals surface area contributed by atoms with Crippen molar-refractivity contribution in [3.8, 4) is 11.5 Å². The molecule has 0 saturated heterocycles. The lowest BCUT2D eigenvalue weighted by Gasteiger charge is -2.08. The molecule has 0 aliphatic rings. The normalized spacial score (nSPS) is 10.6. The van der Waals surface area contributed by atoms with Gasteiger partial charge in [0.05, 0.1) is 0 Å². The number of hydrogen-bond acceptors (Lipinski definition) is 7. The van der Waals surface area contributed by atoms with Crippen LogP contribution in [0.3, 0.4) is 0 Å². The van der Waals surface area contributed by atoms with E-state index in [4.69, 9.17) is 18.6 Å². The minimum atomic E-state index is -0.775. The van der Waals surface area contributed by atoms with Crippen LogP contribution in [-0.4, -0.2) is 38.7 Å². The minimum absolute atomic E-state index is 0.0964. The topological polar surface area (TPSA) is 104 Å². The number of benzene rings is 2. The smallest absolute Gasteiger partial charge is 0.349 e. The molecule has 1 N–H and O–H groups in total. The van der Waals surface area contributed by atoms with E-state index in [1.165, 1.54) is 12.1 Å². The van der Waals surface area contributed by atoms with Crippen molar-refractivity contribution in [3.63, 3.8) is 0 Å². The second-order valence-corrected chi connectivity index (χ2v) is 6.33. The molecule has 2 aromatic carbocycles. The molecular weight excluding hydrogens is 390 g/mol. The molecule has 8 nitrogen and oxygen atoms in total. The maximum absolute atomic E-state index is 12.2. The van der Waals surface area contributed by atoms with Crippen molar-refractivity contribution in [2.75, 3.05) is 26.9 Å². The van der Waals surface area contributed by atoms with Gasteiger partial charge in [-0.05, 0) is 36.8 Å². The molecule has 156 valence electrons. The average molecular weight is 411 g/mol. The molecule has 1 heterocycles. The first kappa shape index (κ1) is 21.1. The van der Waals surface area contributed by atoms with E-state index in [-0.39, 0.29) is 23.5 Å². The van der Waals surface area contributed by atoms with Crippen LogP contribution < -0.4 is 20.4 Å². The number of carbonyl (C=O) groups excluding carboxylic acids is 2. The van der Waals surface area contributed by atoms with Crippen LogP contribution >= 0.6 is 0 Å². The predicted octanol–water partition coefficient (Wildman–Crippen LogP) is 2.54. The Hall–Kier alpha value is -3.65. The Balaban J connectivity index is 1.65. The first-order valence-electron chi connectivity index (χ1n) is 9.30. The summed E-state index contributed by atoms with van der Waals surface area (Å²) in [6.45, 7) is 0.614. The molecule has 1 aromatic heterocycles. The Morgan fingerprint density at radius 2 is 1.83 bits per heavy atom. The van der Waals surface area contributed by atoms with Crippen molar-refractivity contribution < 1.29 is 28.2 Å². The molecule has 0 unspecified atom stereocenters. The third kappa shape index (κ3) is 5.68. The van der Waals surface area contributed by atoms with Gasteiger partial charge in [0.2, 0.25) is 0 Å². The van der Waals surface area contributed by atoms with Gasteiger partial charge in [-0.3, -0.25) is 4.79 Å². The summed E-state index contributed by atoms with van der Waals surface area (Å²) in [5, 5.41) is 3.17. The summed E-state index contributed by atoms with van der Waals surface area (Å²) in [6, 6.07) is 14.9. The Morgan fingerprint density at radius 1 is 1.03 bits per heavy atom. The van der Waals surface area contributed by atoms with E-state index in [0.717, 1.165) is 0 Å². The third-order valence-electron chi connectivity index (χ3n) is 4.09. The highest BCUT2D eigenvalue weighted by Crippen LogP contribution is 2.21. The van der Waals surface area contributed by atoms with E-state index >= 15 is 0 Å². The summed E-state index contributed by atoms with van der Waals surface area (Å²) in [5.41, 5.74) is -0.672. The van der Waals surface area contributed by atoms with Crippen LogP contribution in [0.4, 0.5) is 0 Å². The van der Waals surface area contributed by atoms with Crippen molar-refractivity contribution in [1.29, 1.82) is 0 Å². The van der Waals surface area contributed by atoms with E-state index in [0.29, 0.717) is 30.7 Å². The fraction of sp³-hybridized carbons (Fsp3) is 0.227. The quantitative estimate of drug-likeness (QED) is 0.250. The van der Waals surface area contributed by atoms with Crippen LogP contribution in [0, 0.1) is 0 Å². The number of amides is 1. The molecule has 30 heavy (non-hydrogen) atoms. The van der Waals surface area contributed by atoms with Gasteiger partial charge in [-0.1, -0.05) is 18.2 Å². The number of nitrogens with one attached hydrogen (secondary N) is 1. The maximum Gasteiger partial charge on any atom is 0.349 e. The van der Waals surface area contributed by atoms with E-state index in [2.05, 4.69) is 5.32 Å². The zero-order valence-corrected chi connectivity index (χ0v) is 16.4. The van der Waals surface area contributed by atoms with Crippen molar-refractivity contribution in [2.45, 2.75) is 6.42 Å². The predicted molar refractivity (Wildman–Crippen MR) is 109 cm³/mol. The van der Waals surface area contributed by atoms with Gasteiger partial charge in [-0.25, -0.2) is 9.59 Å². The number of hydrogen-bond donors (Lipinski definition) is 1. The van der Waals surface area contributed by atoms with Gasteiger partial charge in [0, 0.05) is 31.7 Å². The Labute approximate surface area is 172 Å². The van der Waals surface area contributed by atoms with Crippen LogP contribution in [0.15, 0.2) is 63.8 Å². The lowest BCUT2D eigenvalue weighted by atomic mass is 10.1. The van der Waals surface area contributed by atoms with Gasteiger partial charge in [-0.15, -0.1) is 0 Å². The summed E-state index contributed by atoms with van der Waals surface area (Å²) in [5.74, 6) is -0.376. The van der Waals surface area contributed by atoms with Gasteiger partial charge in [0.1, 0.15) is 22.6 Å². The van der Waals surface area contributed by atoms with Gasteiger partial charge < -0.3 is 23.9 Å². The molecule has 3 aromatic rings. The fourth-order valence-electron chi connectivity index (χ4n) is 2.65. The minimum Gasteiger partial charge on any atom is -0.482 e. The van der Waals surface area contributed by atoms with Crippen molar-refractivity contribution in [3.05, 3.63) is 70.6 Å². The van der Waals surface area contributed by atoms with Gasteiger partial charge in [0.15, 0.2) is 6.61 Å². The number of esters is 1. The van der Waals surface area contributed by atoms with Gasteiger partial charge in [-0.2, -0.15) is 0 Å². The zero-order chi connectivity index (χ0) is 21.3. The molecule has 8 heteroatoms. The number of fused-ring (bicyclic) bond motifs is 1. The third-order valence-corrected chi connectivity index (χ3v) is 4.09. The average Bonchev–Trinajstić information content (AvgIpc) is 2.75.